The summed E-state index contributed by atoms with van der Waals surface area (Å²) in [4.78, 5) is 0. The van der Waals surface area contributed by atoms with Gasteiger partial charge in [-0.05, 0) is 37.1 Å². The highest BCUT2D eigenvalue weighted by molar-refractivity contribution is 5.85. The highest BCUT2D eigenvalue weighted by Crippen LogP contribution is 2.31. The zero-order valence-electron chi connectivity index (χ0n) is 8.69. The minimum atomic E-state index is 0. The van der Waals surface area contributed by atoms with Crippen molar-refractivity contribution in [1.29, 1.82) is 0 Å². The van der Waals surface area contributed by atoms with Gasteiger partial charge in [-0.25, -0.2) is 0 Å². The van der Waals surface area contributed by atoms with Crippen LogP contribution < -0.4 is 10.1 Å². The summed E-state index contributed by atoms with van der Waals surface area (Å²) in [5.74, 6) is 0.755. The Balaban J connectivity index is 0.00000112. The number of benzene rings is 1. The molecule has 1 heterocycles. The molecule has 2 rings (SSSR count). The standard InChI is InChI=1S/C11H15NO2.ClH/c1-14-11-5-4-8(7-10(11)13)9-3-2-6-12-9;/h4-5,7,9,12-13H,2-3,6H2,1H3;1H/t9-;/m0./s1. The van der Waals surface area contributed by atoms with Crippen LogP contribution in [0.2, 0.25) is 0 Å². The van der Waals surface area contributed by atoms with Crippen LogP contribution in [-0.4, -0.2) is 18.8 Å². The monoisotopic (exact) mass is 229 g/mol. The molecule has 1 aromatic carbocycles. The van der Waals surface area contributed by atoms with Crippen molar-refractivity contribution in [2.45, 2.75) is 18.9 Å². The fourth-order valence-corrected chi connectivity index (χ4v) is 1.89. The predicted molar refractivity (Wildman–Crippen MR) is 61.9 cm³/mol. The first kappa shape index (κ1) is 12.1. The van der Waals surface area contributed by atoms with Gasteiger partial charge in [0.1, 0.15) is 0 Å². The van der Waals surface area contributed by atoms with Crippen molar-refractivity contribution in [3.8, 4) is 11.5 Å². The summed E-state index contributed by atoms with van der Waals surface area (Å²) in [7, 11) is 1.56. The fourth-order valence-electron chi connectivity index (χ4n) is 1.89. The number of halogens is 1. The molecule has 2 N–H and O–H groups in total. The van der Waals surface area contributed by atoms with Gasteiger partial charge in [-0.1, -0.05) is 6.07 Å². The van der Waals surface area contributed by atoms with Gasteiger partial charge >= 0.3 is 0 Å². The van der Waals surface area contributed by atoms with Crippen molar-refractivity contribution in [1.82, 2.24) is 5.32 Å². The molecule has 0 aliphatic carbocycles. The maximum Gasteiger partial charge on any atom is 0.160 e. The lowest BCUT2D eigenvalue weighted by Crippen LogP contribution is -2.12. The van der Waals surface area contributed by atoms with E-state index >= 15 is 0 Å². The van der Waals surface area contributed by atoms with Crippen LogP contribution in [0.25, 0.3) is 0 Å². The Morgan fingerprint density at radius 1 is 1.47 bits per heavy atom. The zero-order valence-corrected chi connectivity index (χ0v) is 9.51. The molecule has 1 fully saturated rings. The summed E-state index contributed by atoms with van der Waals surface area (Å²) in [5.41, 5.74) is 1.14. The smallest absolute Gasteiger partial charge is 0.160 e. The van der Waals surface area contributed by atoms with Crippen LogP contribution in [0.5, 0.6) is 11.5 Å². The van der Waals surface area contributed by atoms with Crippen LogP contribution in [0.4, 0.5) is 0 Å². The number of rotatable bonds is 2. The molecular weight excluding hydrogens is 214 g/mol. The molecule has 0 radical (unpaired) electrons. The average molecular weight is 230 g/mol. The Kier molecular flexibility index (Phi) is 4.24. The minimum Gasteiger partial charge on any atom is -0.504 e. The van der Waals surface area contributed by atoms with E-state index in [-0.39, 0.29) is 18.2 Å². The average Bonchev–Trinajstić information content (AvgIpc) is 2.70. The topological polar surface area (TPSA) is 41.5 Å². The maximum absolute atomic E-state index is 9.60. The second-order valence-electron chi connectivity index (χ2n) is 3.58. The summed E-state index contributed by atoms with van der Waals surface area (Å²) in [5, 5.41) is 13.0. The Morgan fingerprint density at radius 2 is 2.27 bits per heavy atom. The predicted octanol–water partition coefficient (Wildman–Crippen LogP) is 2.25. The number of nitrogens with one attached hydrogen (secondary N) is 1. The van der Waals surface area contributed by atoms with Gasteiger partial charge in [0, 0.05) is 6.04 Å². The molecule has 0 saturated carbocycles. The molecule has 0 bridgehead atoms. The first-order chi connectivity index (χ1) is 6.81. The Bertz CT molecular complexity index is 324. The van der Waals surface area contributed by atoms with E-state index in [1.165, 1.54) is 6.42 Å². The molecule has 0 spiro atoms. The molecule has 0 aromatic heterocycles. The second kappa shape index (κ2) is 5.24. The first-order valence-electron chi connectivity index (χ1n) is 4.91. The van der Waals surface area contributed by atoms with Crippen molar-refractivity contribution < 1.29 is 9.84 Å². The molecule has 3 nitrogen and oxygen atoms in total. The van der Waals surface area contributed by atoms with Gasteiger partial charge < -0.3 is 15.2 Å². The Labute approximate surface area is 95.9 Å². The third kappa shape index (κ3) is 2.55. The van der Waals surface area contributed by atoms with E-state index in [1.807, 2.05) is 12.1 Å². The van der Waals surface area contributed by atoms with Gasteiger partial charge in [0.15, 0.2) is 11.5 Å². The Morgan fingerprint density at radius 3 is 2.80 bits per heavy atom. The molecule has 1 aliphatic heterocycles. The molecule has 15 heavy (non-hydrogen) atoms. The number of methoxy groups -OCH3 is 1. The van der Waals surface area contributed by atoms with Crippen LogP contribution in [-0.2, 0) is 0 Å². The lowest BCUT2D eigenvalue weighted by molar-refractivity contribution is 0.372. The molecule has 0 amide bonds. The van der Waals surface area contributed by atoms with E-state index < -0.39 is 0 Å². The molecule has 1 saturated heterocycles. The fraction of sp³-hybridized carbons (Fsp3) is 0.455. The van der Waals surface area contributed by atoms with E-state index in [4.69, 9.17) is 4.74 Å². The van der Waals surface area contributed by atoms with Gasteiger partial charge in [0.05, 0.1) is 7.11 Å². The van der Waals surface area contributed by atoms with E-state index in [2.05, 4.69) is 5.32 Å². The second-order valence-corrected chi connectivity index (χ2v) is 3.58. The highest BCUT2D eigenvalue weighted by Gasteiger charge is 2.17. The van der Waals surface area contributed by atoms with Crippen molar-refractivity contribution in [3.05, 3.63) is 23.8 Å². The molecular formula is C11H16ClNO2. The maximum atomic E-state index is 9.60. The van der Waals surface area contributed by atoms with Gasteiger partial charge in [-0.3, -0.25) is 0 Å². The molecule has 0 unspecified atom stereocenters. The normalized spacial score (nSPS) is 19.7. The van der Waals surface area contributed by atoms with Gasteiger partial charge in [-0.2, -0.15) is 0 Å². The summed E-state index contributed by atoms with van der Waals surface area (Å²) < 4.78 is 4.99. The summed E-state index contributed by atoms with van der Waals surface area (Å²) in [6, 6.07) is 5.99. The van der Waals surface area contributed by atoms with E-state index in [0.717, 1.165) is 18.5 Å². The number of hydrogen-bond donors (Lipinski definition) is 2. The van der Waals surface area contributed by atoms with E-state index in [1.54, 1.807) is 13.2 Å². The van der Waals surface area contributed by atoms with E-state index in [0.29, 0.717) is 11.8 Å². The first-order valence-corrected chi connectivity index (χ1v) is 4.91. The highest BCUT2D eigenvalue weighted by atomic mass is 35.5. The Hall–Kier alpha value is -0.930. The molecule has 1 atom stereocenters. The van der Waals surface area contributed by atoms with Crippen LogP contribution in [0.1, 0.15) is 24.4 Å². The lowest BCUT2D eigenvalue weighted by Gasteiger charge is -2.12. The van der Waals surface area contributed by atoms with Crippen LogP contribution in [0.3, 0.4) is 0 Å². The van der Waals surface area contributed by atoms with Crippen molar-refractivity contribution in [3.63, 3.8) is 0 Å². The molecule has 84 valence electrons. The quantitative estimate of drug-likeness (QED) is 0.818. The van der Waals surface area contributed by atoms with Gasteiger partial charge in [0.2, 0.25) is 0 Å². The SMILES string of the molecule is COc1ccc([C@@H]2CCCN2)cc1O.Cl. The molecule has 1 aliphatic rings. The summed E-state index contributed by atoms with van der Waals surface area (Å²) >= 11 is 0. The van der Waals surface area contributed by atoms with Gasteiger partial charge in [-0.15, -0.1) is 12.4 Å². The third-order valence-corrected chi connectivity index (χ3v) is 2.67. The number of phenolic OH excluding ortho intramolecular Hbond substituents is 1. The summed E-state index contributed by atoms with van der Waals surface area (Å²) in [6.45, 7) is 1.07. The van der Waals surface area contributed by atoms with Crippen molar-refractivity contribution in [2.24, 2.45) is 0 Å². The van der Waals surface area contributed by atoms with Crippen molar-refractivity contribution in [2.75, 3.05) is 13.7 Å². The van der Waals surface area contributed by atoms with Crippen LogP contribution in [0.15, 0.2) is 18.2 Å². The number of phenols is 1. The van der Waals surface area contributed by atoms with Crippen LogP contribution in [0, 0.1) is 0 Å². The third-order valence-electron chi connectivity index (χ3n) is 2.67. The summed E-state index contributed by atoms with van der Waals surface area (Å²) in [6.07, 6.45) is 2.35. The van der Waals surface area contributed by atoms with Crippen molar-refractivity contribution >= 4 is 12.4 Å². The van der Waals surface area contributed by atoms with Gasteiger partial charge in [0.25, 0.3) is 0 Å². The number of hydrogen-bond acceptors (Lipinski definition) is 3. The molecule has 4 heteroatoms. The minimum absolute atomic E-state index is 0. The van der Waals surface area contributed by atoms with Crippen LogP contribution >= 0.6 is 12.4 Å². The zero-order chi connectivity index (χ0) is 9.97. The largest absolute Gasteiger partial charge is 0.504 e. The number of aromatic hydroxyl groups is 1. The number of ether oxygens (including phenoxy) is 1. The molecule has 1 aromatic rings. The van der Waals surface area contributed by atoms with E-state index in [9.17, 15) is 5.11 Å². The lowest BCUT2D eigenvalue weighted by atomic mass is 10.0.